The Labute approximate surface area is 119 Å². The topological polar surface area (TPSA) is 69.4 Å². The minimum Gasteiger partial charge on any atom is -0.493 e. The van der Waals surface area contributed by atoms with Gasteiger partial charge >= 0.3 is 0 Å². The molecule has 20 heavy (non-hydrogen) atoms. The van der Waals surface area contributed by atoms with Gasteiger partial charge in [-0.2, -0.15) is 0 Å². The smallest absolute Gasteiger partial charge is 0.161 e. The molecule has 0 atom stereocenters. The number of fused-ring (bicyclic) bond motifs is 1. The van der Waals surface area contributed by atoms with Gasteiger partial charge in [0.2, 0.25) is 0 Å². The minimum absolute atomic E-state index is 0.228. The number of benzene rings is 1. The number of hydrogen-bond acceptors (Lipinski definition) is 5. The number of pyridine rings is 1. The second-order valence-corrected chi connectivity index (χ2v) is 5.30. The standard InChI is InChI=1S/C15H21N3O2/c1-15(2,9-16)18-14-11-8-13(20-4)12(19-3)7-10(11)5-6-17-14/h5-8H,9,16H2,1-4H3,(H,17,18). The van der Waals surface area contributed by atoms with Crippen molar-refractivity contribution in [3.8, 4) is 11.5 Å². The first kappa shape index (κ1) is 14.4. The quantitative estimate of drug-likeness (QED) is 0.877. The fraction of sp³-hybridized carbons (Fsp3) is 0.400. The highest BCUT2D eigenvalue weighted by Gasteiger charge is 2.18. The lowest BCUT2D eigenvalue weighted by Gasteiger charge is -2.25. The molecule has 0 fully saturated rings. The van der Waals surface area contributed by atoms with Crippen LogP contribution in [0.5, 0.6) is 11.5 Å². The van der Waals surface area contributed by atoms with Gasteiger partial charge in [-0.25, -0.2) is 4.98 Å². The number of nitrogens with two attached hydrogens (primary N) is 1. The van der Waals surface area contributed by atoms with E-state index in [1.54, 1.807) is 20.4 Å². The lowest BCUT2D eigenvalue weighted by Crippen LogP contribution is -2.39. The van der Waals surface area contributed by atoms with Crippen molar-refractivity contribution < 1.29 is 9.47 Å². The summed E-state index contributed by atoms with van der Waals surface area (Å²) in [5, 5.41) is 5.38. The van der Waals surface area contributed by atoms with Gasteiger partial charge < -0.3 is 20.5 Å². The summed E-state index contributed by atoms with van der Waals surface area (Å²) in [5.41, 5.74) is 5.54. The van der Waals surface area contributed by atoms with Crippen molar-refractivity contribution in [1.29, 1.82) is 0 Å². The maximum absolute atomic E-state index is 5.76. The van der Waals surface area contributed by atoms with Crippen molar-refractivity contribution in [2.45, 2.75) is 19.4 Å². The lowest BCUT2D eigenvalue weighted by molar-refractivity contribution is 0.356. The van der Waals surface area contributed by atoms with Gasteiger partial charge in [-0.05, 0) is 37.4 Å². The van der Waals surface area contributed by atoms with E-state index in [9.17, 15) is 0 Å². The van der Waals surface area contributed by atoms with Crippen LogP contribution < -0.4 is 20.5 Å². The highest BCUT2D eigenvalue weighted by molar-refractivity contribution is 5.94. The van der Waals surface area contributed by atoms with E-state index in [0.29, 0.717) is 18.0 Å². The fourth-order valence-electron chi connectivity index (χ4n) is 1.97. The van der Waals surface area contributed by atoms with Crippen LogP contribution in [0.1, 0.15) is 13.8 Å². The molecule has 0 aliphatic rings. The average Bonchev–Trinajstić information content (AvgIpc) is 2.46. The van der Waals surface area contributed by atoms with Crippen molar-refractivity contribution in [1.82, 2.24) is 4.98 Å². The molecule has 1 heterocycles. The Bertz CT molecular complexity index is 611. The van der Waals surface area contributed by atoms with E-state index in [4.69, 9.17) is 15.2 Å². The number of aromatic nitrogens is 1. The van der Waals surface area contributed by atoms with Gasteiger partial charge in [-0.1, -0.05) is 0 Å². The zero-order valence-corrected chi connectivity index (χ0v) is 12.4. The number of nitrogens with one attached hydrogen (secondary N) is 1. The fourth-order valence-corrected chi connectivity index (χ4v) is 1.97. The third-order valence-corrected chi connectivity index (χ3v) is 3.24. The van der Waals surface area contributed by atoms with Gasteiger partial charge in [0.1, 0.15) is 5.82 Å². The van der Waals surface area contributed by atoms with Crippen LogP contribution in [0.15, 0.2) is 24.4 Å². The van der Waals surface area contributed by atoms with Gasteiger partial charge in [0, 0.05) is 23.7 Å². The summed E-state index contributed by atoms with van der Waals surface area (Å²) in [6, 6.07) is 5.81. The minimum atomic E-state index is -0.228. The first-order chi connectivity index (χ1) is 9.50. The summed E-state index contributed by atoms with van der Waals surface area (Å²) in [7, 11) is 3.25. The van der Waals surface area contributed by atoms with Crippen molar-refractivity contribution in [2.24, 2.45) is 5.73 Å². The number of anilines is 1. The molecule has 2 rings (SSSR count). The van der Waals surface area contributed by atoms with E-state index in [1.807, 2.05) is 32.0 Å². The van der Waals surface area contributed by atoms with Gasteiger partial charge in [0.15, 0.2) is 11.5 Å². The molecule has 0 bridgehead atoms. The molecule has 5 nitrogen and oxygen atoms in total. The van der Waals surface area contributed by atoms with Crippen LogP contribution in [0.4, 0.5) is 5.82 Å². The Hall–Kier alpha value is -2.01. The van der Waals surface area contributed by atoms with Crippen LogP contribution in [0.2, 0.25) is 0 Å². The van der Waals surface area contributed by atoms with E-state index in [0.717, 1.165) is 16.6 Å². The SMILES string of the molecule is COc1cc2ccnc(NC(C)(C)CN)c2cc1OC. The molecule has 1 aromatic carbocycles. The van der Waals surface area contributed by atoms with E-state index in [1.165, 1.54) is 0 Å². The molecule has 2 aromatic rings. The molecule has 0 saturated carbocycles. The first-order valence-corrected chi connectivity index (χ1v) is 6.50. The normalized spacial score (nSPS) is 11.4. The molecule has 1 aromatic heterocycles. The highest BCUT2D eigenvalue weighted by Crippen LogP contribution is 2.35. The predicted octanol–water partition coefficient (Wildman–Crippen LogP) is 2.40. The number of methoxy groups -OCH3 is 2. The third kappa shape index (κ3) is 2.77. The molecule has 0 unspecified atom stereocenters. The first-order valence-electron chi connectivity index (χ1n) is 6.50. The van der Waals surface area contributed by atoms with Crippen molar-refractivity contribution in [3.05, 3.63) is 24.4 Å². The summed E-state index contributed by atoms with van der Waals surface area (Å²) in [6.45, 7) is 4.58. The summed E-state index contributed by atoms with van der Waals surface area (Å²) in [4.78, 5) is 4.41. The monoisotopic (exact) mass is 275 g/mol. The number of rotatable bonds is 5. The van der Waals surface area contributed by atoms with Gasteiger partial charge in [-0.15, -0.1) is 0 Å². The van der Waals surface area contributed by atoms with Crippen molar-refractivity contribution >= 4 is 16.6 Å². The summed E-state index contributed by atoms with van der Waals surface area (Å²) >= 11 is 0. The zero-order valence-electron chi connectivity index (χ0n) is 12.4. The van der Waals surface area contributed by atoms with Crippen LogP contribution in [0.25, 0.3) is 10.8 Å². The van der Waals surface area contributed by atoms with Crippen molar-refractivity contribution in [2.75, 3.05) is 26.1 Å². The molecule has 0 aliphatic carbocycles. The molecule has 3 N–H and O–H groups in total. The van der Waals surface area contributed by atoms with Crippen LogP contribution >= 0.6 is 0 Å². The highest BCUT2D eigenvalue weighted by atomic mass is 16.5. The molecule has 0 aliphatic heterocycles. The number of hydrogen-bond donors (Lipinski definition) is 2. The Kier molecular flexibility index (Phi) is 3.99. The average molecular weight is 275 g/mol. The molecule has 5 heteroatoms. The second kappa shape index (κ2) is 5.54. The summed E-state index contributed by atoms with van der Waals surface area (Å²) < 4.78 is 10.7. The van der Waals surface area contributed by atoms with E-state index < -0.39 is 0 Å². The zero-order chi connectivity index (χ0) is 14.8. The maximum Gasteiger partial charge on any atom is 0.161 e. The van der Waals surface area contributed by atoms with Crippen LogP contribution in [-0.4, -0.2) is 31.3 Å². The van der Waals surface area contributed by atoms with Crippen molar-refractivity contribution in [3.63, 3.8) is 0 Å². The summed E-state index contributed by atoms with van der Waals surface area (Å²) in [6.07, 6.45) is 1.77. The molecule has 0 saturated heterocycles. The summed E-state index contributed by atoms with van der Waals surface area (Å²) in [5.74, 6) is 2.18. The van der Waals surface area contributed by atoms with E-state index >= 15 is 0 Å². The molecule has 108 valence electrons. The predicted molar refractivity (Wildman–Crippen MR) is 81.6 cm³/mol. The Morgan fingerprint density at radius 2 is 1.85 bits per heavy atom. The third-order valence-electron chi connectivity index (χ3n) is 3.24. The maximum atomic E-state index is 5.76. The van der Waals surface area contributed by atoms with Crippen LogP contribution in [0.3, 0.4) is 0 Å². The molecule has 0 radical (unpaired) electrons. The Morgan fingerprint density at radius 3 is 2.45 bits per heavy atom. The number of ether oxygens (including phenoxy) is 2. The van der Waals surface area contributed by atoms with Gasteiger partial charge in [0.05, 0.1) is 14.2 Å². The van der Waals surface area contributed by atoms with Crippen LogP contribution in [-0.2, 0) is 0 Å². The molecule has 0 amide bonds. The van der Waals surface area contributed by atoms with E-state index in [2.05, 4.69) is 10.3 Å². The molecular formula is C15H21N3O2. The Morgan fingerprint density at radius 1 is 1.20 bits per heavy atom. The largest absolute Gasteiger partial charge is 0.493 e. The lowest BCUT2D eigenvalue weighted by atomic mass is 10.0. The molecule has 0 spiro atoms. The van der Waals surface area contributed by atoms with Gasteiger partial charge in [-0.3, -0.25) is 0 Å². The Balaban J connectivity index is 2.56. The van der Waals surface area contributed by atoms with Gasteiger partial charge in [0.25, 0.3) is 0 Å². The second-order valence-electron chi connectivity index (χ2n) is 5.30. The number of nitrogens with zero attached hydrogens (tertiary/aromatic N) is 1. The van der Waals surface area contributed by atoms with E-state index in [-0.39, 0.29) is 5.54 Å². The van der Waals surface area contributed by atoms with Crippen LogP contribution in [0, 0.1) is 0 Å². The molecular weight excluding hydrogens is 254 g/mol.